The first-order valence-corrected chi connectivity index (χ1v) is 11.3. The second-order valence-corrected chi connectivity index (χ2v) is 8.51. The molecule has 0 spiro atoms. The van der Waals surface area contributed by atoms with Gasteiger partial charge in [-0.3, -0.25) is 9.59 Å². The van der Waals surface area contributed by atoms with Gasteiger partial charge in [0.25, 0.3) is 5.91 Å². The monoisotopic (exact) mass is 455 g/mol. The van der Waals surface area contributed by atoms with Crippen molar-refractivity contribution < 1.29 is 24.2 Å². The minimum absolute atomic E-state index is 0.178. The Morgan fingerprint density at radius 3 is 2.62 bits per heavy atom. The number of aliphatic hydroxyl groups is 1. The molecule has 1 unspecified atom stereocenters. The van der Waals surface area contributed by atoms with Crippen LogP contribution in [-0.2, 0) is 21.6 Å². The third-order valence-corrected chi connectivity index (χ3v) is 6.22. The molecule has 6 nitrogen and oxygen atoms in total. The summed E-state index contributed by atoms with van der Waals surface area (Å²) in [5, 5.41) is 11.4. The number of para-hydroxylation sites is 1. The number of ether oxygens (including phenoxy) is 2. The third kappa shape index (κ3) is 4.20. The van der Waals surface area contributed by atoms with Gasteiger partial charge >= 0.3 is 0 Å². The number of allylic oxidation sites excluding steroid dienone is 1. The Morgan fingerprint density at radius 2 is 1.76 bits per heavy atom. The average molecular weight is 456 g/mol. The van der Waals surface area contributed by atoms with E-state index in [9.17, 15) is 14.7 Å². The van der Waals surface area contributed by atoms with Gasteiger partial charge in [-0.2, -0.15) is 0 Å². The second kappa shape index (κ2) is 9.15. The molecule has 6 heteroatoms. The van der Waals surface area contributed by atoms with E-state index in [2.05, 4.69) is 12.1 Å². The van der Waals surface area contributed by atoms with E-state index < -0.39 is 11.5 Å². The first kappa shape index (κ1) is 21.9. The summed E-state index contributed by atoms with van der Waals surface area (Å²) in [6.07, 6.45) is 4.29. The zero-order valence-corrected chi connectivity index (χ0v) is 18.6. The van der Waals surface area contributed by atoms with Crippen LogP contribution in [0.5, 0.6) is 11.5 Å². The molecule has 0 saturated heterocycles. The molecule has 2 aliphatic heterocycles. The van der Waals surface area contributed by atoms with E-state index in [1.54, 1.807) is 35.2 Å². The van der Waals surface area contributed by atoms with Crippen molar-refractivity contribution >= 4 is 23.5 Å². The third-order valence-electron chi connectivity index (χ3n) is 6.22. The van der Waals surface area contributed by atoms with Crippen molar-refractivity contribution in [1.82, 2.24) is 0 Å². The summed E-state index contributed by atoms with van der Waals surface area (Å²) in [6.45, 7) is 0.645. The molecule has 0 aliphatic carbocycles. The predicted octanol–water partition coefficient (Wildman–Crippen LogP) is 4.25. The van der Waals surface area contributed by atoms with Crippen LogP contribution in [-0.4, -0.2) is 30.1 Å². The minimum atomic E-state index is -1.88. The molecule has 3 aromatic carbocycles. The number of amides is 1. The molecule has 1 atom stereocenters. The van der Waals surface area contributed by atoms with Gasteiger partial charge in [-0.05, 0) is 48.2 Å². The molecule has 0 radical (unpaired) electrons. The summed E-state index contributed by atoms with van der Waals surface area (Å²) in [5.41, 5.74) is 1.23. The summed E-state index contributed by atoms with van der Waals surface area (Å²) >= 11 is 0. The second-order valence-electron chi connectivity index (χ2n) is 8.51. The fourth-order valence-electron chi connectivity index (χ4n) is 4.50. The molecule has 0 bridgehead atoms. The minimum Gasteiger partial charge on any atom is -0.454 e. The lowest BCUT2D eigenvalue weighted by Crippen LogP contribution is -2.42. The Labute approximate surface area is 198 Å². The van der Waals surface area contributed by atoms with Crippen LogP contribution in [0.15, 0.2) is 78.9 Å². The van der Waals surface area contributed by atoms with E-state index in [-0.39, 0.29) is 19.0 Å². The molecule has 0 saturated carbocycles. The van der Waals surface area contributed by atoms with Gasteiger partial charge in [0, 0.05) is 12.1 Å². The van der Waals surface area contributed by atoms with Crippen LogP contribution in [0.25, 0.3) is 6.08 Å². The molecule has 1 N–H and O–H groups in total. The zero-order valence-electron chi connectivity index (χ0n) is 18.6. The number of carbonyl (C=O) groups excluding carboxylic acids is 2. The maximum absolute atomic E-state index is 13.3. The van der Waals surface area contributed by atoms with E-state index in [1.165, 1.54) is 11.6 Å². The van der Waals surface area contributed by atoms with Gasteiger partial charge in [0.2, 0.25) is 6.79 Å². The fourth-order valence-corrected chi connectivity index (χ4v) is 4.50. The number of nitrogens with zero attached hydrogens (tertiary/aromatic N) is 1. The molecule has 2 aliphatic rings. The molecule has 1 amide bonds. The van der Waals surface area contributed by atoms with E-state index in [0.29, 0.717) is 29.3 Å². The van der Waals surface area contributed by atoms with Gasteiger partial charge in [0.15, 0.2) is 22.9 Å². The zero-order chi connectivity index (χ0) is 23.5. The summed E-state index contributed by atoms with van der Waals surface area (Å²) in [7, 11) is 0. The van der Waals surface area contributed by atoms with Gasteiger partial charge in [0.05, 0.1) is 12.1 Å². The molecule has 0 fully saturated rings. The standard InChI is InChI=1S/C28H25NO5/c30-22(14-12-21-13-15-25-26(17-21)34-19-33-25)18-28(32)23-10-4-5-11-24(23)29(27(28)31)16-6-9-20-7-2-1-3-8-20/h1-5,7-8,10-15,17,32H,6,9,16,18-19H2. The molecular formula is C28H25NO5. The Morgan fingerprint density at radius 1 is 1.00 bits per heavy atom. The van der Waals surface area contributed by atoms with Crippen LogP contribution in [0.3, 0.4) is 0 Å². The number of hydrogen-bond donors (Lipinski definition) is 1. The average Bonchev–Trinajstić information content (AvgIpc) is 3.40. The Bertz CT molecular complexity index is 1250. The fraction of sp³-hybridized carbons (Fsp3) is 0.214. The van der Waals surface area contributed by atoms with Crippen molar-refractivity contribution in [1.29, 1.82) is 0 Å². The van der Waals surface area contributed by atoms with E-state index in [0.717, 1.165) is 18.4 Å². The molecular weight excluding hydrogens is 430 g/mol. The number of fused-ring (bicyclic) bond motifs is 2. The summed E-state index contributed by atoms with van der Waals surface area (Å²) < 4.78 is 10.7. The summed E-state index contributed by atoms with van der Waals surface area (Å²) in [4.78, 5) is 27.7. The molecule has 172 valence electrons. The van der Waals surface area contributed by atoms with E-state index in [4.69, 9.17) is 9.47 Å². The molecule has 2 heterocycles. The Hall–Kier alpha value is -3.90. The first-order valence-electron chi connectivity index (χ1n) is 11.3. The Kier molecular flexibility index (Phi) is 5.90. The maximum atomic E-state index is 13.3. The summed E-state index contributed by atoms with van der Waals surface area (Å²) in [6, 6.07) is 22.6. The van der Waals surface area contributed by atoms with Crippen molar-refractivity contribution in [2.45, 2.75) is 24.9 Å². The van der Waals surface area contributed by atoms with Gasteiger partial charge in [-0.25, -0.2) is 0 Å². The van der Waals surface area contributed by atoms with Gasteiger partial charge in [0.1, 0.15) is 0 Å². The number of aryl methyl sites for hydroxylation is 1. The van der Waals surface area contributed by atoms with Gasteiger partial charge in [-0.1, -0.05) is 60.7 Å². The highest BCUT2D eigenvalue weighted by molar-refractivity contribution is 6.10. The maximum Gasteiger partial charge on any atom is 0.264 e. The normalized spacial score (nSPS) is 18.5. The van der Waals surface area contributed by atoms with Crippen molar-refractivity contribution in [2.24, 2.45) is 0 Å². The van der Waals surface area contributed by atoms with Crippen molar-refractivity contribution in [3.05, 3.63) is 95.6 Å². The summed E-state index contributed by atoms with van der Waals surface area (Å²) in [5.74, 6) is 0.499. The number of hydrogen-bond acceptors (Lipinski definition) is 5. The van der Waals surface area contributed by atoms with Gasteiger partial charge < -0.3 is 19.5 Å². The lowest BCUT2D eigenvalue weighted by atomic mass is 9.89. The highest BCUT2D eigenvalue weighted by Gasteiger charge is 2.50. The highest BCUT2D eigenvalue weighted by atomic mass is 16.7. The number of rotatable bonds is 8. The largest absolute Gasteiger partial charge is 0.454 e. The van der Waals surface area contributed by atoms with Gasteiger partial charge in [-0.15, -0.1) is 0 Å². The van der Waals surface area contributed by atoms with Crippen LogP contribution in [0.2, 0.25) is 0 Å². The van der Waals surface area contributed by atoms with Crippen molar-refractivity contribution in [3.8, 4) is 11.5 Å². The smallest absolute Gasteiger partial charge is 0.264 e. The number of benzene rings is 3. The van der Waals surface area contributed by atoms with Crippen LogP contribution in [0, 0.1) is 0 Å². The molecule has 5 rings (SSSR count). The number of anilines is 1. The predicted molar refractivity (Wildman–Crippen MR) is 129 cm³/mol. The van der Waals surface area contributed by atoms with Crippen LogP contribution >= 0.6 is 0 Å². The topological polar surface area (TPSA) is 76.1 Å². The van der Waals surface area contributed by atoms with Crippen molar-refractivity contribution in [2.75, 3.05) is 18.2 Å². The number of ketones is 1. The first-order chi connectivity index (χ1) is 16.5. The lowest BCUT2D eigenvalue weighted by Gasteiger charge is -2.22. The van der Waals surface area contributed by atoms with E-state index in [1.807, 2.05) is 36.4 Å². The van der Waals surface area contributed by atoms with E-state index >= 15 is 0 Å². The highest BCUT2D eigenvalue weighted by Crippen LogP contribution is 2.42. The molecule has 0 aromatic heterocycles. The quantitative estimate of drug-likeness (QED) is 0.514. The lowest BCUT2D eigenvalue weighted by molar-refractivity contribution is -0.140. The Balaban J connectivity index is 1.29. The molecule has 34 heavy (non-hydrogen) atoms. The molecule has 3 aromatic rings. The van der Waals surface area contributed by atoms with Crippen LogP contribution < -0.4 is 14.4 Å². The SMILES string of the molecule is O=C(C=Cc1ccc2c(c1)OCO2)CC1(O)C(=O)N(CCCc2ccccc2)c2ccccc21. The number of carbonyl (C=O) groups is 2. The van der Waals surface area contributed by atoms with Crippen LogP contribution in [0.4, 0.5) is 5.69 Å². The van der Waals surface area contributed by atoms with Crippen LogP contribution in [0.1, 0.15) is 29.5 Å². The van der Waals surface area contributed by atoms with Crippen molar-refractivity contribution in [3.63, 3.8) is 0 Å².